The first-order chi connectivity index (χ1) is 18.0. The summed E-state index contributed by atoms with van der Waals surface area (Å²) in [5.41, 5.74) is 2.48. The van der Waals surface area contributed by atoms with Gasteiger partial charge in [0.2, 0.25) is 21.9 Å². The summed E-state index contributed by atoms with van der Waals surface area (Å²) >= 11 is 0. The van der Waals surface area contributed by atoms with Crippen molar-refractivity contribution in [2.75, 3.05) is 23.1 Å². The zero-order chi connectivity index (χ0) is 25.5. The van der Waals surface area contributed by atoms with Crippen LogP contribution in [0.3, 0.4) is 0 Å². The van der Waals surface area contributed by atoms with E-state index in [-0.39, 0.29) is 24.2 Å². The average Bonchev–Trinajstić information content (AvgIpc) is 2.90. The van der Waals surface area contributed by atoms with Gasteiger partial charge < -0.3 is 15.4 Å². The highest BCUT2D eigenvalue weighted by atomic mass is 35.5. The maximum atomic E-state index is 12.7. The van der Waals surface area contributed by atoms with Gasteiger partial charge in [0.25, 0.3) is 0 Å². The Morgan fingerprint density at radius 3 is 2.66 bits per heavy atom. The molecule has 5 rings (SSSR count). The molecule has 0 spiro atoms. The van der Waals surface area contributed by atoms with Gasteiger partial charge in [-0.15, -0.1) is 12.4 Å². The topological polar surface area (TPSA) is 118 Å². The van der Waals surface area contributed by atoms with Crippen molar-refractivity contribution >= 4 is 34.1 Å². The number of aromatic nitrogens is 3. The number of benzene rings is 2. The molecule has 4 aromatic rings. The Bertz CT molecular complexity index is 1450. The molecule has 1 atom stereocenters. The molecule has 0 aliphatic carbocycles. The molecular weight excluding hydrogens is 524 g/mol. The molecule has 3 N–H and O–H groups in total. The van der Waals surface area contributed by atoms with Crippen LogP contribution in [0.2, 0.25) is 0 Å². The molecule has 1 fully saturated rings. The lowest BCUT2D eigenvalue weighted by atomic mass is 10.1. The summed E-state index contributed by atoms with van der Waals surface area (Å²) in [6, 6.07) is 21.6. The minimum atomic E-state index is -3.60. The van der Waals surface area contributed by atoms with Gasteiger partial charge in [0.15, 0.2) is 0 Å². The van der Waals surface area contributed by atoms with Gasteiger partial charge in [-0.1, -0.05) is 36.4 Å². The van der Waals surface area contributed by atoms with Crippen molar-refractivity contribution in [3.8, 4) is 22.9 Å². The van der Waals surface area contributed by atoms with E-state index in [2.05, 4.69) is 30.3 Å². The Morgan fingerprint density at radius 2 is 1.84 bits per heavy atom. The number of hydrogen-bond acceptors (Lipinski definition) is 8. The number of piperidine rings is 1. The molecule has 1 aliphatic heterocycles. The average molecular weight is 553 g/mol. The van der Waals surface area contributed by atoms with Crippen molar-refractivity contribution in [3.63, 3.8) is 0 Å². The van der Waals surface area contributed by atoms with E-state index in [0.717, 1.165) is 25.9 Å². The normalized spacial score (nSPS) is 15.2. The number of rotatable bonds is 9. The van der Waals surface area contributed by atoms with Gasteiger partial charge >= 0.3 is 0 Å². The molecule has 1 saturated heterocycles. The predicted octanol–water partition coefficient (Wildman–Crippen LogP) is 4.86. The minimum absolute atomic E-state index is 0. The van der Waals surface area contributed by atoms with Crippen LogP contribution >= 0.6 is 12.4 Å². The number of nitrogens with one attached hydrogen (secondary N) is 3. The zero-order valence-corrected chi connectivity index (χ0v) is 22.2. The summed E-state index contributed by atoms with van der Waals surface area (Å²) in [5.74, 6) is 1.23. The standard InChI is InChI=1S/C27H28N6O3S.ClH/c34-37(35,19-20-7-2-1-3-8-20)33-21-9-4-11-23(17-21)36-26-24(12-6-15-29-26)25-13-16-30-27(32-25)31-22-10-5-14-28-18-22;/h1-4,6-9,11-13,15-17,22,28,33H,5,10,14,18-19H2,(H,30,31,32);1H. The summed E-state index contributed by atoms with van der Waals surface area (Å²) in [6.45, 7) is 1.91. The van der Waals surface area contributed by atoms with Crippen molar-refractivity contribution in [1.82, 2.24) is 20.3 Å². The first-order valence-electron chi connectivity index (χ1n) is 12.1. The van der Waals surface area contributed by atoms with Crippen LogP contribution in [0.15, 0.2) is 85.2 Å². The third-order valence-electron chi connectivity index (χ3n) is 5.85. The van der Waals surface area contributed by atoms with Gasteiger partial charge in [0.1, 0.15) is 5.75 Å². The summed E-state index contributed by atoms with van der Waals surface area (Å²) < 4.78 is 34.0. The summed E-state index contributed by atoms with van der Waals surface area (Å²) in [7, 11) is -3.60. The highest BCUT2D eigenvalue weighted by Crippen LogP contribution is 2.31. The Hall–Kier alpha value is -3.73. The zero-order valence-electron chi connectivity index (χ0n) is 20.6. The lowest BCUT2D eigenvalue weighted by molar-refractivity contribution is 0.465. The fraction of sp³-hybridized carbons (Fsp3) is 0.222. The van der Waals surface area contributed by atoms with Crippen molar-refractivity contribution in [2.45, 2.75) is 24.6 Å². The summed E-state index contributed by atoms with van der Waals surface area (Å²) in [5, 5.41) is 6.77. The quantitative estimate of drug-likeness (QED) is 0.269. The Balaban J connectivity index is 0.00000336. The van der Waals surface area contributed by atoms with Crippen molar-refractivity contribution < 1.29 is 13.2 Å². The highest BCUT2D eigenvalue weighted by Gasteiger charge is 2.16. The van der Waals surface area contributed by atoms with E-state index in [1.165, 1.54) is 0 Å². The maximum Gasteiger partial charge on any atom is 0.236 e. The number of ether oxygens (including phenoxy) is 1. The predicted molar refractivity (Wildman–Crippen MR) is 151 cm³/mol. The molecule has 11 heteroatoms. The Morgan fingerprint density at radius 1 is 0.974 bits per heavy atom. The van der Waals surface area contributed by atoms with Crippen LogP contribution < -0.4 is 20.1 Å². The Labute approximate surface area is 228 Å². The van der Waals surface area contributed by atoms with E-state index in [0.29, 0.717) is 40.1 Å². The number of anilines is 2. The molecule has 2 aromatic heterocycles. The van der Waals surface area contributed by atoms with Crippen LogP contribution in [-0.4, -0.2) is 42.5 Å². The van der Waals surface area contributed by atoms with E-state index in [1.54, 1.807) is 48.8 Å². The van der Waals surface area contributed by atoms with Crippen molar-refractivity contribution in [2.24, 2.45) is 0 Å². The molecule has 0 radical (unpaired) electrons. The van der Waals surface area contributed by atoms with Gasteiger partial charge in [-0.2, -0.15) is 0 Å². The van der Waals surface area contributed by atoms with Crippen LogP contribution in [0.25, 0.3) is 11.3 Å². The number of hydrogen-bond donors (Lipinski definition) is 3. The van der Waals surface area contributed by atoms with Crippen molar-refractivity contribution in [3.05, 3.63) is 90.8 Å². The molecule has 3 heterocycles. The van der Waals surface area contributed by atoms with Gasteiger partial charge in [0.05, 0.1) is 22.7 Å². The largest absolute Gasteiger partial charge is 0.438 e. The maximum absolute atomic E-state index is 12.7. The molecular formula is C27H29ClN6O3S. The monoisotopic (exact) mass is 552 g/mol. The second kappa shape index (κ2) is 12.7. The molecule has 0 amide bonds. The number of pyridine rings is 1. The molecule has 0 bridgehead atoms. The van der Waals surface area contributed by atoms with Gasteiger partial charge in [-0.25, -0.2) is 23.4 Å². The van der Waals surface area contributed by atoms with E-state index in [1.807, 2.05) is 36.4 Å². The molecule has 9 nitrogen and oxygen atoms in total. The fourth-order valence-corrected chi connectivity index (χ4v) is 5.34. The molecule has 38 heavy (non-hydrogen) atoms. The van der Waals surface area contributed by atoms with E-state index < -0.39 is 10.0 Å². The lowest BCUT2D eigenvalue weighted by Gasteiger charge is -2.23. The SMILES string of the molecule is Cl.O=S(=O)(Cc1ccccc1)Nc1cccc(Oc2ncccc2-c2ccnc(NC3CCCNC3)n2)c1. The van der Waals surface area contributed by atoms with Crippen LogP contribution in [0.1, 0.15) is 18.4 Å². The third kappa shape index (κ3) is 7.41. The summed E-state index contributed by atoms with van der Waals surface area (Å²) in [6.07, 6.45) is 5.52. The van der Waals surface area contributed by atoms with Crippen LogP contribution in [0.5, 0.6) is 11.6 Å². The van der Waals surface area contributed by atoms with E-state index >= 15 is 0 Å². The first-order valence-corrected chi connectivity index (χ1v) is 13.8. The second-order valence-electron chi connectivity index (χ2n) is 8.79. The number of nitrogens with zero attached hydrogens (tertiary/aromatic N) is 3. The molecule has 0 saturated carbocycles. The molecule has 198 valence electrons. The van der Waals surface area contributed by atoms with E-state index in [9.17, 15) is 8.42 Å². The lowest BCUT2D eigenvalue weighted by Crippen LogP contribution is -2.38. The van der Waals surface area contributed by atoms with Gasteiger partial charge in [-0.3, -0.25) is 4.72 Å². The Kier molecular flexibility index (Phi) is 9.11. The molecule has 2 aromatic carbocycles. The highest BCUT2D eigenvalue weighted by molar-refractivity contribution is 7.91. The minimum Gasteiger partial charge on any atom is -0.438 e. The molecule has 1 aliphatic rings. The van der Waals surface area contributed by atoms with Gasteiger partial charge in [0, 0.05) is 31.0 Å². The number of halogens is 1. The smallest absolute Gasteiger partial charge is 0.236 e. The summed E-state index contributed by atoms with van der Waals surface area (Å²) in [4.78, 5) is 13.5. The molecule has 1 unspecified atom stereocenters. The van der Waals surface area contributed by atoms with Crippen LogP contribution in [0.4, 0.5) is 11.6 Å². The fourth-order valence-electron chi connectivity index (χ4n) is 4.15. The van der Waals surface area contributed by atoms with Crippen molar-refractivity contribution in [1.29, 1.82) is 0 Å². The number of sulfonamides is 1. The third-order valence-corrected chi connectivity index (χ3v) is 7.11. The van der Waals surface area contributed by atoms with Gasteiger partial charge in [-0.05, 0) is 55.3 Å². The van der Waals surface area contributed by atoms with Crippen LogP contribution in [-0.2, 0) is 15.8 Å². The second-order valence-corrected chi connectivity index (χ2v) is 10.5. The van der Waals surface area contributed by atoms with E-state index in [4.69, 9.17) is 4.74 Å². The van der Waals surface area contributed by atoms with Crippen LogP contribution in [0, 0.1) is 0 Å². The first kappa shape index (κ1) is 27.3.